The van der Waals surface area contributed by atoms with Crippen LogP contribution >= 0.6 is 0 Å². The molecule has 7 aromatic heterocycles. The SMILES string of the molecule is Cc1cc(C)c(-c2c3nc(c(-c4cccc(OCCCCCCC(C)(c5ccc[nH]5)c5ccc[nH]5)c4)c4ccc([n-]4)c(-c4c(C)cc(C)cc4C)c4nc(c(-c5cccc(OCCCCCCC(C)(c6ccc[nH]6)c6ccc[nH]6)c5)c5ccc2[n-]5)C=C4)C=C3)c(C)c1.[Ni+2]. The van der Waals surface area contributed by atoms with E-state index < -0.39 is 0 Å². The first-order valence-corrected chi connectivity index (χ1v) is 33.1. The molecule has 9 heterocycles. The average molecular weight is 1270 g/mol. The summed E-state index contributed by atoms with van der Waals surface area (Å²) in [5.41, 5.74) is 26.4. The summed E-state index contributed by atoms with van der Waals surface area (Å²) in [5, 5.41) is 0. The number of hydrogen-bond donors (Lipinski definition) is 4. The summed E-state index contributed by atoms with van der Waals surface area (Å²) in [4.78, 5) is 36.6. The van der Waals surface area contributed by atoms with Gasteiger partial charge in [0, 0.05) is 58.4 Å². The molecule has 11 heteroatoms. The largest absolute Gasteiger partial charge is 2.00 e. The van der Waals surface area contributed by atoms with Crippen molar-refractivity contribution >= 4 is 46.4 Å². The molecule has 0 radical (unpaired) electrons. The number of benzene rings is 4. The van der Waals surface area contributed by atoms with Crippen LogP contribution < -0.4 is 19.4 Å². The smallest absolute Gasteiger partial charge is 0.657 e. The van der Waals surface area contributed by atoms with Crippen molar-refractivity contribution in [2.45, 2.75) is 130 Å². The van der Waals surface area contributed by atoms with Gasteiger partial charge in [-0.1, -0.05) is 122 Å². The Labute approximate surface area is 557 Å². The normalized spacial score (nSPS) is 12.2. The molecule has 0 unspecified atom stereocenters. The average Bonchev–Trinajstić information content (AvgIpc) is 1.75. The van der Waals surface area contributed by atoms with Gasteiger partial charge >= 0.3 is 16.5 Å². The molecule has 0 saturated heterocycles. The van der Waals surface area contributed by atoms with E-state index in [1.165, 1.54) is 33.9 Å². The fourth-order valence-electron chi connectivity index (χ4n) is 14.6. The Hall–Kier alpha value is -9.31. The molecule has 0 amide bonds. The number of nitrogens with zero attached hydrogens (tertiary/aromatic N) is 4. The molecule has 8 bridgehead atoms. The number of H-pyrrole nitrogens is 4. The quantitative estimate of drug-likeness (QED) is 0.0351. The Morgan fingerprint density at radius 3 is 1.01 bits per heavy atom. The Kier molecular flexibility index (Phi) is 19.1. The molecule has 0 aliphatic carbocycles. The van der Waals surface area contributed by atoms with E-state index in [-0.39, 0.29) is 27.3 Å². The predicted octanol–water partition coefficient (Wildman–Crippen LogP) is 20.4. The van der Waals surface area contributed by atoms with Crippen molar-refractivity contribution in [3.63, 3.8) is 0 Å². The molecule has 11 aromatic rings. The third-order valence-electron chi connectivity index (χ3n) is 19.2. The van der Waals surface area contributed by atoms with E-state index in [2.05, 4.69) is 245 Å². The van der Waals surface area contributed by atoms with Crippen molar-refractivity contribution in [3.8, 4) is 56.0 Å². The zero-order valence-electron chi connectivity index (χ0n) is 54.9. The van der Waals surface area contributed by atoms with Gasteiger partial charge in [-0.15, -0.1) is 22.1 Å². The molecule has 2 aliphatic heterocycles. The number of aromatic amines is 4. The number of fused-ring (bicyclic) bond motifs is 8. The third-order valence-corrected chi connectivity index (χ3v) is 19.2. The fourth-order valence-corrected chi connectivity index (χ4v) is 14.6. The second kappa shape index (κ2) is 27.9. The van der Waals surface area contributed by atoms with E-state index in [1.54, 1.807) is 0 Å². The summed E-state index contributed by atoms with van der Waals surface area (Å²) in [5.74, 6) is 1.63. The molecule has 0 fully saturated rings. The zero-order valence-corrected chi connectivity index (χ0v) is 55.9. The topological polar surface area (TPSA) is 136 Å². The van der Waals surface area contributed by atoms with E-state index in [1.807, 2.05) is 24.8 Å². The summed E-state index contributed by atoms with van der Waals surface area (Å²) in [6.07, 6.45) is 27.3. The standard InChI is InChI=1S/C82H84N8O2.Ni/c1-53-47-55(3)75(56(4)48-53)79-67-35-31-63(87-67)77(59-23-17-25-61(51-59)91-45-15-11-9-13-39-81(7,71-27-19-41-83-71)72-28-20-42-84-72)65-33-37-69(89-65)80(76-57(5)49-54(2)50-58(76)6)70-38-34-66(90-70)78(64-32-36-68(79)88-64)60-24-18-26-62(52-60)92-46-16-12-10-14-40-82(8,73-29-21-43-85-73)74-30-22-44-86-74;/h17-38,41-44,47-52,83-86H,9-16,39-40,45-46H2,1-8H3;/q-2;+2. The van der Waals surface area contributed by atoms with Gasteiger partial charge in [-0.25, -0.2) is 9.97 Å². The van der Waals surface area contributed by atoms with Gasteiger partial charge in [-0.3, -0.25) is 0 Å². The van der Waals surface area contributed by atoms with Crippen LogP contribution in [0.2, 0.25) is 0 Å². The second-order valence-corrected chi connectivity index (χ2v) is 26.0. The van der Waals surface area contributed by atoms with Gasteiger partial charge in [0.15, 0.2) is 0 Å². The van der Waals surface area contributed by atoms with Crippen LogP contribution in [0, 0.1) is 41.5 Å². The summed E-state index contributed by atoms with van der Waals surface area (Å²) >= 11 is 0. The Bertz CT molecular complexity index is 4220. The molecular formula is C82H84N8NiO2. The predicted molar refractivity (Wildman–Crippen MR) is 380 cm³/mol. The summed E-state index contributed by atoms with van der Waals surface area (Å²) in [7, 11) is 0. The van der Waals surface area contributed by atoms with Crippen molar-refractivity contribution in [1.82, 2.24) is 39.9 Å². The Morgan fingerprint density at radius 2 is 0.677 bits per heavy atom. The molecular weight excluding hydrogens is 1190 g/mol. The number of aryl methyl sites for hydroxylation is 6. The van der Waals surface area contributed by atoms with Crippen molar-refractivity contribution < 1.29 is 26.0 Å². The molecule has 474 valence electrons. The maximum absolute atomic E-state index is 6.63. The number of rotatable bonds is 24. The Balaban J connectivity index is 0.00000832. The molecule has 4 aromatic carbocycles. The van der Waals surface area contributed by atoms with Crippen LogP contribution in [0.3, 0.4) is 0 Å². The van der Waals surface area contributed by atoms with Gasteiger partial charge in [-0.2, -0.15) is 0 Å². The van der Waals surface area contributed by atoms with Crippen LogP contribution in [-0.2, 0) is 27.3 Å². The number of nitrogens with one attached hydrogen (secondary N) is 4. The number of ether oxygens (including phenoxy) is 2. The van der Waals surface area contributed by atoms with Crippen LogP contribution in [0.5, 0.6) is 11.5 Å². The first kappa shape index (κ1) is 63.8. The van der Waals surface area contributed by atoms with Gasteiger partial charge in [0.2, 0.25) is 0 Å². The molecule has 0 atom stereocenters. The van der Waals surface area contributed by atoms with Gasteiger partial charge < -0.3 is 39.4 Å². The van der Waals surface area contributed by atoms with E-state index >= 15 is 0 Å². The minimum atomic E-state index is -0.100. The number of aromatic nitrogens is 8. The minimum Gasteiger partial charge on any atom is -0.657 e. The van der Waals surface area contributed by atoms with Crippen LogP contribution in [-0.4, -0.2) is 43.1 Å². The number of hydrogen-bond acceptors (Lipinski definition) is 4. The molecule has 4 N–H and O–H groups in total. The minimum absolute atomic E-state index is 0. The van der Waals surface area contributed by atoms with E-state index in [4.69, 9.17) is 29.4 Å². The van der Waals surface area contributed by atoms with Gasteiger partial charge in [0.25, 0.3) is 0 Å². The molecule has 93 heavy (non-hydrogen) atoms. The van der Waals surface area contributed by atoms with Crippen molar-refractivity contribution in [3.05, 3.63) is 249 Å². The van der Waals surface area contributed by atoms with Crippen molar-refractivity contribution in [2.75, 3.05) is 13.2 Å². The summed E-state index contributed by atoms with van der Waals surface area (Å²) < 4.78 is 13.3. The maximum atomic E-state index is 6.63. The monoisotopic (exact) mass is 1270 g/mol. The fraction of sp³-hybridized carbons (Fsp3) is 0.268. The molecule has 2 aliphatic rings. The van der Waals surface area contributed by atoms with E-state index in [9.17, 15) is 0 Å². The van der Waals surface area contributed by atoms with E-state index in [0.717, 1.165) is 187 Å². The van der Waals surface area contributed by atoms with Gasteiger partial charge in [-0.05, 0) is 245 Å². The van der Waals surface area contributed by atoms with Gasteiger partial charge in [0.1, 0.15) is 11.5 Å². The first-order chi connectivity index (χ1) is 44.8. The van der Waals surface area contributed by atoms with Crippen LogP contribution in [0.4, 0.5) is 0 Å². The van der Waals surface area contributed by atoms with Crippen LogP contribution in [0.15, 0.2) is 170 Å². The Morgan fingerprint density at radius 1 is 0.355 bits per heavy atom. The zero-order chi connectivity index (χ0) is 63.3. The molecule has 13 rings (SSSR count). The number of unbranched alkanes of at least 4 members (excludes halogenated alkanes) is 6. The first-order valence-electron chi connectivity index (χ1n) is 33.1. The maximum Gasteiger partial charge on any atom is 2.00 e. The van der Waals surface area contributed by atoms with Crippen molar-refractivity contribution in [2.24, 2.45) is 0 Å². The molecule has 0 saturated carbocycles. The van der Waals surface area contributed by atoms with Crippen LogP contribution in [0.25, 0.3) is 90.9 Å². The van der Waals surface area contributed by atoms with Gasteiger partial charge in [0.05, 0.1) is 36.0 Å². The summed E-state index contributed by atoms with van der Waals surface area (Å²) in [6.45, 7) is 19.1. The van der Waals surface area contributed by atoms with E-state index in [0.29, 0.717) is 13.2 Å². The third kappa shape index (κ3) is 13.4. The molecule has 0 spiro atoms. The van der Waals surface area contributed by atoms with Crippen LogP contribution in [0.1, 0.15) is 157 Å². The van der Waals surface area contributed by atoms with Crippen molar-refractivity contribution in [1.29, 1.82) is 0 Å². The molecule has 10 nitrogen and oxygen atoms in total. The second-order valence-electron chi connectivity index (χ2n) is 26.0. The summed E-state index contributed by atoms with van der Waals surface area (Å²) in [6, 6.07) is 51.8.